The lowest BCUT2D eigenvalue weighted by Gasteiger charge is -2.11. The standard InChI is InChI=1S/C19H21NO2/c1-3-21-18-8-10-19(11-9-18)22-13-12-17(14-20)16-6-4-15(2)5-7-16/h4-11,17H,3,12-13H2,1-2H3. The van der Waals surface area contributed by atoms with Gasteiger partial charge >= 0.3 is 0 Å². The second-order valence-corrected chi connectivity index (χ2v) is 5.13. The summed E-state index contributed by atoms with van der Waals surface area (Å²) in [7, 11) is 0. The zero-order valence-corrected chi connectivity index (χ0v) is 13.1. The van der Waals surface area contributed by atoms with Crippen molar-refractivity contribution in [1.29, 1.82) is 5.26 Å². The van der Waals surface area contributed by atoms with Crippen LogP contribution >= 0.6 is 0 Å². The first-order valence-corrected chi connectivity index (χ1v) is 7.54. The zero-order chi connectivity index (χ0) is 15.8. The SMILES string of the molecule is CCOc1ccc(OCCC(C#N)c2ccc(C)cc2)cc1. The molecule has 114 valence electrons. The van der Waals surface area contributed by atoms with E-state index >= 15 is 0 Å². The Bertz CT molecular complexity index is 611. The van der Waals surface area contributed by atoms with Crippen molar-refractivity contribution in [3.63, 3.8) is 0 Å². The predicted molar refractivity (Wildman–Crippen MR) is 87.3 cm³/mol. The molecule has 1 unspecified atom stereocenters. The Labute approximate surface area is 132 Å². The number of rotatable bonds is 7. The van der Waals surface area contributed by atoms with Crippen LogP contribution in [0, 0.1) is 18.3 Å². The van der Waals surface area contributed by atoms with Crippen molar-refractivity contribution in [1.82, 2.24) is 0 Å². The molecule has 0 aliphatic heterocycles. The van der Waals surface area contributed by atoms with E-state index in [4.69, 9.17) is 9.47 Å². The van der Waals surface area contributed by atoms with Crippen LogP contribution in [0.3, 0.4) is 0 Å². The molecule has 0 aliphatic rings. The topological polar surface area (TPSA) is 42.2 Å². The van der Waals surface area contributed by atoms with Crippen molar-refractivity contribution >= 4 is 0 Å². The summed E-state index contributed by atoms with van der Waals surface area (Å²) in [4.78, 5) is 0. The Morgan fingerprint density at radius 3 is 2.09 bits per heavy atom. The van der Waals surface area contributed by atoms with E-state index in [9.17, 15) is 5.26 Å². The van der Waals surface area contributed by atoms with Gasteiger partial charge in [-0.3, -0.25) is 0 Å². The van der Waals surface area contributed by atoms with E-state index in [0.717, 1.165) is 17.1 Å². The third kappa shape index (κ3) is 4.53. The number of hydrogen-bond donors (Lipinski definition) is 0. The van der Waals surface area contributed by atoms with Crippen LogP contribution in [0.1, 0.15) is 30.4 Å². The Morgan fingerprint density at radius 1 is 0.955 bits per heavy atom. The molecule has 0 saturated carbocycles. The predicted octanol–water partition coefficient (Wildman–Crippen LogP) is 4.47. The van der Waals surface area contributed by atoms with Gasteiger partial charge < -0.3 is 9.47 Å². The zero-order valence-electron chi connectivity index (χ0n) is 13.1. The van der Waals surface area contributed by atoms with Crippen molar-refractivity contribution in [2.75, 3.05) is 13.2 Å². The molecule has 0 amide bonds. The maximum atomic E-state index is 9.32. The van der Waals surface area contributed by atoms with Crippen LogP contribution in [0.5, 0.6) is 11.5 Å². The minimum absolute atomic E-state index is 0.136. The Balaban J connectivity index is 1.86. The summed E-state index contributed by atoms with van der Waals surface area (Å²) in [6, 6.07) is 18.0. The summed E-state index contributed by atoms with van der Waals surface area (Å²) >= 11 is 0. The number of nitrogens with zero attached hydrogens (tertiary/aromatic N) is 1. The van der Waals surface area contributed by atoms with Crippen LogP contribution in [-0.2, 0) is 0 Å². The van der Waals surface area contributed by atoms with Crippen molar-refractivity contribution in [2.45, 2.75) is 26.2 Å². The lowest BCUT2D eigenvalue weighted by atomic mass is 9.97. The molecule has 0 saturated heterocycles. The number of nitriles is 1. The monoisotopic (exact) mass is 295 g/mol. The molecule has 0 spiro atoms. The Morgan fingerprint density at radius 2 is 1.55 bits per heavy atom. The van der Waals surface area contributed by atoms with Crippen LogP contribution in [0.2, 0.25) is 0 Å². The highest BCUT2D eigenvalue weighted by molar-refractivity contribution is 5.31. The summed E-state index contributed by atoms with van der Waals surface area (Å²) < 4.78 is 11.1. The molecule has 22 heavy (non-hydrogen) atoms. The molecular formula is C19H21NO2. The largest absolute Gasteiger partial charge is 0.494 e. The van der Waals surface area contributed by atoms with E-state index in [0.29, 0.717) is 19.6 Å². The molecule has 1 atom stereocenters. The highest BCUT2D eigenvalue weighted by Crippen LogP contribution is 2.21. The minimum atomic E-state index is -0.136. The van der Waals surface area contributed by atoms with Crippen LogP contribution in [-0.4, -0.2) is 13.2 Å². The molecule has 0 aromatic heterocycles. The van der Waals surface area contributed by atoms with Crippen LogP contribution in [0.4, 0.5) is 0 Å². The summed E-state index contributed by atoms with van der Waals surface area (Å²) in [5.74, 6) is 1.50. The fraction of sp³-hybridized carbons (Fsp3) is 0.316. The van der Waals surface area contributed by atoms with Crippen LogP contribution in [0.15, 0.2) is 48.5 Å². The van der Waals surface area contributed by atoms with Gasteiger partial charge in [-0.05, 0) is 43.7 Å². The molecule has 0 N–H and O–H groups in total. The Hall–Kier alpha value is -2.47. The fourth-order valence-electron chi connectivity index (χ4n) is 2.20. The van der Waals surface area contributed by atoms with Crippen molar-refractivity contribution in [2.24, 2.45) is 0 Å². The van der Waals surface area contributed by atoms with E-state index in [1.54, 1.807) is 0 Å². The highest BCUT2D eigenvalue weighted by atomic mass is 16.5. The number of aryl methyl sites for hydroxylation is 1. The smallest absolute Gasteiger partial charge is 0.119 e. The average Bonchev–Trinajstić information content (AvgIpc) is 2.54. The molecule has 0 radical (unpaired) electrons. The highest BCUT2D eigenvalue weighted by Gasteiger charge is 2.10. The van der Waals surface area contributed by atoms with Crippen LogP contribution < -0.4 is 9.47 Å². The van der Waals surface area contributed by atoms with Gasteiger partial charge in [0, 0.05) is 6.42 Å². The fourth-order valence-corrected chi connectivity index (χ4v) is 2.20. The number of benzene rings is 2. The van der Waals surface area contributed by atoms with Gasteiger partial charge in [0.15, 0.2) is 0 Å². The lowest BCUT2D eigenvalue weighted by Crippen LogP contribution is -2.04. The molecule has 0 fully saturated rings. The molecule has 0 aliphatic carbocycles. The van der Waals surface area contributed by atoms with E-state index in [2.05, 4.69) is 6.07 Å². The first-order chi connectivity index (χ1) is 10.7. The Kier molecular flexibility index (Phi) is 5.85. The third-order valence-corrected chi connectivity index (χ3v) is 3.45. The molecule has 0 heterocycles. The molecule has 2 aromatic rings. The van der Waals surface area contributed by atoms with Gasteiger partial charge in [0.1, 0.15) is 11.5 Å². The van der Waals surface area contributed by atoms with Gasteiger partial charge in [-0.1, -0.05) is 29.8 Å². The molecule has 2 rings (SSSR count). The minimum Gasteiger partial charge on any atom is -0.494 e. The summed E-state index contributed by atoms with van der Waals surface area (Å²) in [6.45, 7) is 5.17. The maximum absolute atomic E-state index is 9.32. The first-order valence-electron chi connectivity index (χ1n) is 7.54. The maximum Gasteiger partial charge on any atom is 0.119 e. The normalized spacial score (nSPS) is 11.5. The van der Waals surface area contributed by atoms with Gasteiger partial charge in [-0.2, -0.15) is 5.26 Å². The first kappa shape index (κ1) is 15.9. The van der Waals surface area contributed by atoms with Gasteiger partial charge in [0.05, 0.1) is 25.2 Å². The number of hydrogen-bond acceptors (Lipinski definition) is 3. The van der Waals surface area contributed by atoms with Crippen molar-refractivity contribution in [3.05, 3.63) is 59.7 Å². The van der Waals surface area contributed by atoms with Crippen molar-refractivity contribution in [3.8, 4) is 17.6 Å². The van der Waals surface area contributed by atoms with Crippen LogP contribution in [0.25, 0.3) is 0 Å². The molecule has 2 aromatic carbocycles. The second-order valence-electron chi connectivity index (χ2n) is 5.13. The van der Waals surface area contributed by atoms with Gasteiger partial charge in [0.25, 0.3) is 0 Å². The quantitative estimate of drug-likeness (QED) is 0.757. The second kappa shape index (κ2) is 8.09. The number of ether oxygens (including phenoxy) is 2. The van der Waals surface area contributed by atoms with E-state index in [1.165, 1.54) is 5.56 Å². The van der Waals surface area contributed by atoms with Gasteiger partial charge in [0.2, 0.25) is 0 Å². The molecule has 3 heteroatoms. The molecule has 3 nitrogen and oxygen atoms in total. The molecular weight excluding hydrogens is 274 g/mol. The third-order valence-electron chi connectivity index (χ3n) is 3.45. The molecule has 0 bridgehead atoms. The van der Waals surface area contributed by atoms with E-state index < -0.39 is 0 Å². The van der Waals surface area contributed by atoms with Crippen molar-refractivity contribution < 1.29 is 9.47 Å². The summed E-state index contributed by atoms with van der Waals surface area (Å²) in [5, 5.41) is 9.32. The lowest BCUT2D eigenvalue weighted by molar-refractivity contribution is 0.304. The van der Waals surface area contributed by atoms with E-state index in [-0.39, 0.29) is 5.92 Å². The van der Waals surface area contributed by atoms with E-state index in [1.807, 2.05) is 62.4 Å². The summed E-state index contributed by atoms with van der Waals surface area (Å²) in [5.41, 5.74) is 2.24. The van der Waals surface area contributed by atoms with Gasteiger partial charge in [-0.15, -0.1) is 0 Å². The average molecular weight is 295 g/mol. The summed E-state index contributed by atoms with van der Waals surface area (Å²) in [6.07, 6.45) is 0.673. The van der Waals surface area contributed by atoms with Gasteiger partial charge in [-0.25, -0.2) is 0 Å².